The van der Waals surface area contributed by atoms with Gasteiger partial charge in [-0.15, -0.1) is 0 Å². The van der Waals surface area contributed by atoms with Gasteiger partial charge in [0.1, 0.15) is 0 Å². The lowest BCUT2D eigenvalue weighted by atomic mass is 10.1. The van der Waals surface area contributed by atoms with Crippen molar-refractivity contribution in [3.05, 3.63) is 23.8 Å². The molecule has 17 heavy (non-hydrogen) atoms. The lowest BCUT2D eigenvalue weighted by molar-refractivity contribution is -0.116. The number of carbonyl (C=O) groups excluding carboxylic acids is 2. The number of ether oxygens (including phenoxy) is 1. The van der Waals surface area contributed by atoms with Gasteiger partial charge >= 0.3 is 5.97 Å². The van der Waals surface area contributed by atoms with E-state index >= 15 is 0 Å². The number of amides is 1. The largest absolute Gasteiger partial charge is 0.462 e. The van der Waals surface area contributed by atoms with Gasteiger partial charge in [0.2, 0.25) is 5.91 Å². The van der Waals surface area contributed by atoms with Crippen LogP contribution in [0.4, 0.5) is 11.4 Å². The standard InChI is InChI=1S/C11H15N3O3/c1-2-17-11(16)8-5-7(12)3-4-9(8)14-6-10(13)15/h3-5,14H,2,6,12H2,1H3,(H2,13,15). The molecule has 6 nitrogen and oxygen atoms in total. The first-order valence-corrected chi connectivity index (χ1v) is 5.13. The Kier molecular flexibility index (Phi) is 4.33. The predicted octanol–water partition coefficient (Wildman–Crippen LogP) is 0.343. The summed E-state index contributed by atoms with van der Waals surface area (Å²) in [6.45, 7) is 1.92. The number of hydrogen-bond donors (Lipinski definition) is 3. The lowest BCUT2D eigenvalue weighted by Crippen LogP contribution is -2.23. The highest BCUT2D eigenvalue weighted by Crippen LogP contribution is 2.19. The number of nitrogens with two attached hydrogens (primary N) is 2. The zero-order chi connectivity index (χ0) is 12.8. The second-order valence-corrected chi connectivity index (χ2v) is 3.35. The van der Waals surface area contributed by atoms with Gasteiger partial charge in [-0.1, -0.05) is 0 Å². The van der Waals surface area contributed by atoms with Crippen LogP contribution < -0.4 is 16.8 Å². The Labute approximate surface area is 98.9 Å². The van der Waals surface area contributed by atoms with Crippen molar-refractivity contribution in [2.24, 2.45) is 5.73 Å². The third-order valence-electron chi connectivity index (χ3n) is 1.99. The van der Waals surface area contributed by atoms with E-state index in [1.165, 1.54) is 6.07 Å². The van der Waals surface area contributed by atoms with E-state index in [2.05, 4.69) is 5.32 Å². The van der Waals surface area contributed by atoms with Gasteiger partial charge in [0.25, 0.3) is 0 Å². The second-order valence-electron chi connectivity index (χ2n) is 3.35. The number of carbonyl (C=O) groups is 2. The van der Waals surface area contributed by atoms with Crippen LogP contribution in [0.3, 0.4) is 0 Å². The Balaban J connectivity index is 2.95. The Morgan fingerprint density at radius 1 is 1.41 bits per heavy atom. The van der Waals surface area contributed by atoms with E-state index in [9.17, 15) is 9.59 Å². The summed E-state index contributed by atoms with van der Waals surface area (Å²) in [4.78, 5) is 22.3. The number of esters is 1. The highest BCUT2D eigenvalue weighted by atomic mass is 16.5. The first-order valence-electron chi connectivity index (χ1n) is 5.13. The van der Waals surface area contributed by atoms with E-state index in [-0.39, 0.29) is 18.7 Å². The first kappa shape index (κ1) is 12.8. The molecule has 0 radical (unpaired) electrons. The highest BCUT2D eigenvalue weighted by Gasteiger charge is 2.13. The van der Waals surface area contributed by atoms with Crippen LogP contribution in [-0.4, -0.2) is 25.0 Å². The molecule has 0 aliphatic rings. The van der Waals surface area contributed by atoms with Gasteiger partial charge in [-0.3, -0.25) is 4.79 Å². The smallest absolute Gasteiger partial charge is 0.340 e. The minimum atomic E-state index is -0.517. The van der Waals surface area contributed by atoms with Crippen LogP contribution in [0.1, 0.15) is 17.3 Å². The summed E-state index contributed by atoms with van der Waals surface area (Å²) in [5, 5.41) is 2.75. The van der Waals surface area contributed by atoms with Crippen molar-refractivity contribution in [2.75, 3.05) is 24.2 Å². The molecule has 5 N–H and O–H groups in total. The predicted molar refractivity (Wildman–Crippen MR) is 64.5 cm³/mol. The molecule has 0 bridgehead atoms. The molecule has 0 spiro atoms. The van der Waals surface area contributed by atoms with Crippen molar-refractivity contribution < 1.29 is 14.3 Å². The molecule has 0 aromatic heterocycles. The summed E-state index contributed by atoms with van der Waals surface area (Å²) in [6, 6.07) is 4.71. The maximum absolute atomic E-state index is 11.6. The Morgan fingerprint density at radius 2 is 2.12 bits per heavy atom. The number of primary amides is 1. The summed E-state index contributed by atoms with van der Waals surface area (Å²) >= 11 is 0. The molecular formula is C11H15N3O3. The fourth-order valence-corrected chi connectivity index (χ4v) is 1.28. The molecule has 0 fully saturated rings. The molecule has 0 unspecified atom stereocenters. The molecule has 1 aromatic rings. The van der Waals surface area contributed by atoms with E-state index in [4.69, 9.17) is 16.2 Å². The van der Waals surface area contributed by atoms with Gasteiger partial charge in [0.15, 0.2) is 0 Å². The summed E-state index contributed by atoms with van der Waals surface area (Å²) < 4.78 is 4.88. The van der Waals surface area contributed by atoms with Crippen molar-refractivity contribution in [3.63, 3.8) is 0 Å². The fraction of sp³-hybridized carbons (Fsp3) is 0.273. The topological polar surface area (TPSA) is 107 Å². The average Bonchev–Trinajstić information content (AvgIpc) is 2.27. The average molecular weight is 237 g/mol. The summed E-state index contributed by atoms with van der Waals surface area (Å²) in [7, 11) is 0. The van der Waals surface area contributed by atoms with Gasteiger partial charge in [-0.2, -0.15) is 0 Å². The van der Waals surface area contributed by atoms with Crippen LogP contribution in [0.15, 0.2) is 18.2 Å². The van der Waals surface area contributed by atoms with E-state index < -0.39 is 11.9 Å². The lowest BCUT2D eigenvalue weighted by Gasteiger charge is -2.10. The van der Waals surface area contributed by atoms with Crippen LogP contribution in [0.2, 0.25) is 0 Å². The van der Waals surface area contributed by atoms with Crippen LogP contribution in [0, 0.1) is 0 Å². The fourth-order valence-electron chi connectivity index (χ4n) is 1.28. The molecular weight excluding hydrogens is 222 g/mol. The van der Waals surface area contributed by atoms with Crippen LogP contribution in [0.5, 0.6) is 0 Å². The van der Waals surface area contributed by atoms with E-state index in [0.717, 1.165) is 0 Å². The molecule has 92 valence electrons. The van der Waals surface area contributed by atoms with Crippen molar-refractivity contribution in [1.82, 2.24) is 0 Å². The van der Waals surface area contributed by atoms with Gasteiger partial charge in [-0.25, -0.2) is 4.79 Å². The van der Waals surface area contributed by atoms with E-state index in [1.54, 1.807) is 19.1 Å². The SMILES string of the molecule is CCOC(=O)c1cc(N)ccc1NCC(N)=O. The molecule has 0 atom stereocenters. The number of benzene rings is 1. The highest BCUT2D eigenvalue weighted by molar-refractivity contribution is 5.97. The monoisotopic (exact) mass is 237 g/mol. The number of nitrogen functional groups attached to an aromatic ring is 1. The molecule has 0 aliphatic carbocycles. The summed E-state index contributed by atoms with van der Waals surface area (Å²) in [5.74, 6) is -1.01. The normalized spacial score (nSPS) is 9.71. The Bertz CT molecular complexity index is 432. The van der Waals surface area contributed by atoms with E-state index in [0.29, 0.717) is 11.4 Å². The molecule has 0 saturated heterocycles. The molecule has 0 aliphatic heterocycles. The van der Waals surface area contributed by atoms with Gasteiger partial charge in [0.05, 0.1) is 18.7 Å². The number of hydrogen-bond acceptors (Lipinski definition) is 5. The number of anilines is 2. The summed E-state index contributed by atoms with van der Waals surface area (Å²) in [5.41, 5.74) is 11.8. The van der Waals surface area contributed by atoms with Gasteiger partial charge in [-0.05, 0) is 25.1 Å². The zero-order valence-corrected chi connectivity index (χ0v) is 9.53. The molecule has 1 rings (SSSR count). The summed E-state index contributed by atoms with van der Waals surface area (Å²) in [6.07, 6.45) is 0. The molecule has 1 aromatic carbocycles. The molecule has 0 saturated carbocycles. The van der Waals surface area contributed by atoms with Crippen molar-refractivity contribution >= 4 is 23.3 Å². The van der Waals surface area contributed by atoms with Crippen molar-refractivity contribution in [3.8, 4) is 0 Å². The van der Waals surface area contributed by atoms with Crippen LogP contribution >= 0.6 is 0 Å². The molecule has 1 amide bonds. The molecule has 6 heteroatoms. The van der Waals surface area contributed by atoms with Crippen LogP contribution in [0.25, 0.3) is 0 Å². The second kappa shape index (κ2) is 5.74. The number of rotatable bonds is 5. The minimum Gasteiger partial charge on any atom is -0.462 e. The minimum absolute atomic E-state index is 0.0592. The third kappa shape index (κ3) is 3.67. The Hall–Kier alpha value is -2.24. The zero-order valence-electron chi connectivity index (χ0n) is 9.53. The Morgan fingerprint density at radius 3 is 2.71 bits per heavy atom. The number of nitrogens with one attached hydrogen (secondary N) is 1. The first-order chi connectivity index (χ1) is 8.04. The third-order valence-corrected chi connectivity index (χ3v) is 1.99. The van der Waals surface area contributed by atoms with Gasteiger partial charge in [0, 0.05) is 11.4 Å². The maximum Gasteiger partial charge on any atom is 0.340 e. The van der Waals surface area contributed by atoms with Crippen molar-refractivity contribution in [1.29, 1.82) is 0 Å². The van der Waals surface area contributed by atoms with E-state index in [1.807, 2.05) is 0 Å². The van der Waals surface area contributed by atoms with Crippen molar-refractivity contribution in [2.45, 2.75) is 6.92 Å². The quantitative estimate of drug-likeness (QED) is 0.505. The van der Waals surface area contributed by atoms with Gasteiger partial charge < -0.3 is 21.5 Å². The van der Waals surface area contributed by atoms with Crippen LogP contribution in [-0.2, 0) is 9.53 Å². The maximum atomic E-state index is 11.6. The molecule has 0 heterocycles.